The maximum Gasteiger partial charge on any atom is 0.327 e. The van der Waals surface area contributed by atoms with Crippen LogP contribution < -0.4 is 5.32 Å². The summed E-state index contributed by atoms with van der Waals surface area (Å²) in [4.78, 5) is 24.3. The lowest BCUT2D eigenvalue weighted by atomic mass is 10.2. The van der Waals surface area contributed by atoms with Gasteiger partial charge in [0.1, 0.15) is 6.04 Å². The number of carbonyl (C=O) groups excluding carboxylic acids is 1. The molecule has 2 aliphatic heterocycles. The molecule has 7 heteroatoms. The van der Waals surface area contributed by atoms with Gasteiger partial charge in [0.25, 0.3) is 0 Å². The average Bonchev–Trinajstić information content (AvgIpc) is 2.88. The van der Waals surface area contributed by atoms with Gasteiger partial charge in [-0.1, -0.05) is 0 Å². The summed E-state index contributed by atoms with van der Waals surface area (Å²) >= 11 is 3.16. The Labute approximate surface area is 96.0 Å². The molecule has 0 spiro atoms. The van der Waals surface area contributed by atoms with E-state index in [9.17, 15) is 9.59 Å². The van der Waals surface area contributed by atoms with Crippen LogP contribution in [-0.2, 0) is 9.59 Å². The highest BCUT2D eigenvalue weighted by Gasteiger charge is 2.38. The molecule has 0 aliphatic carbocycles. The topological polar surface area (TPSA) is 69.6 Å². The first kappa shape index (κ1) is 11.1. The molecule has 84 valence electrons. The summed E-state index contributed by atoms with van der Waals surface area (Å²) in [5, 5.41) is 12.0. The molecule has 1 amide bonds. The fourth-order valence-electron chi connectivity index (χ4n) is 1.62. The minimum absolute atomic E-state index is 0.0719. The van der Waals surface area contributed by atoms with Gasteiger partial charge in [0.05, 0.1) is 11.9 Å². The molecule has 0 radical (unpaired) electrons. The SMILES string of the molecule is O=C(O)[C@@H]1CSCN1C(=O)C1CSCN1. The van der Waals surface area contributed by atoms with E-state index in [0.717, 1.165) is 11.6 Å². The Balaban J connectivity index is 2.02. The summed E-state index contributed by atoms with van der Waals surface area (Å²) in [6, 6.07) is -0.842. The van der Waals surface area contributed by atoms with Crippen LogP contribution in [0.2, 0.25) is 0 Å². The average molecular weight is 248 g/mol. The van der Waals surface area contributed by atoms with Gasteiger partial charge in [-0.2, -0.15) is 0 Å². The van der Waals surface area contributed by atoms with Gasteiger partial charge in [-0.3, -0.25) is 10.1 Å². The number of aliphatic carboxylic acids is 1. The summed E-state index contributed by atoms with van der Waals surface area (Å²) in [5.74, 6) is 1.54. The Morgan fingerprint density at radius 1 is 1.33 bits per heavy atom. The van der Waals surface area contributed by atoms with E-state index in [-0.39, 0.29) is 11.9 Å². The van der Waals surface area contributed by atoms with E-state index in [2.05, 4.69) is 5.32 Å². The van der Waals surface area contributed by atoms with Crippen LogP contribution in [0.1, 0.15) is 0 Å². The summed E-state index contributed by atoms with van der Waals surface area (Å²) in [6.07, 6.45) is 0. The van der Waals surface area contributed by atoms with Gasteiger partial charge in [0.15, 0.2) is 0 Å². The van der Waals surface area contributed by atoms with Crippen molar-refractivity contribution in [3.8, 4) is 0 Å². The normalized spacial score (nSPS) is 30.8. The molecule has 2 rings (SSSR count). The highest BCUT2D eigenvalue weighted by molar-refractivity contribution is 7.99. The first-order valence-electron chi connectivity index (χ1n) is 4.62. The molecule has 0 aromatic rings. The van der Waals surface area contributed by atoms with E-state index in [4.69, 9.17) is 5.11 Å². The molecule has 5 nitrogen and oxygen atoms in total. The van der Waals surface area contributed by atoms with E-state index in [1.807, 2.05) is 0 Å². The van der Waals surface area contributed by atoms with Crippen LogP contribution in [0.15, 0.2) is 0 Å². The zero-order chi connectivity index (χ0) is 10.8. The number of rotatable bonds is 2. The zero-order valence-corrected chi connectivity index (χ0v) is 9.64. The molecule has 0 saturated carbocycles. The van der Waals surface area contributed by atoms with Crippen LogP contribution >= 0.6 is 23.5 Å². The largest absolute Gasteiger partial charge is 0.480 e. The van der Waals surface area contributed by atoms with Gasteiger partial charge in [0, 0.05) is 17.4 Å². The lowest BCUT2D eigenvalue weighted by Crippen LogP contribution is -2.49. The molecule has 2 fully saturated rings. The summed E-state index contributed by atoms with van der Waals surface area (Å²) in [6.45, 7) is 0. The number of nitrogens with zero attached hydrogens (tertiary/aromatic N) is 1. The first-order chi connectivity index (χ1) is 7.20. The second-order valence-corrected chi connectivity index (χ2v) is 5.46. The molecule has 2 atom stereocenters. The smallest absolute Gasteiger partial charge is 0.327 e. The Morgan fingerprint density at radius 3 is 2.73 bits per heavy atom. The third-order valence-electron chi connectivity index (χ3n) is 2.46. The second kappa shape index (κ2) is 4.63. The number of thioether (sulfide) groups is 2. The number of nitrogens with one attached hydrogen (secondary N) is 1. The van der Waals surface area contributed by atoms with E-state index in [1.165, 1.54) is 16.7 Å². The minimum atomic E-state index is -0.904. The van der Waals surface area contributed by atoms with Crippen molar-refractivity contribution in [2.75, 3.05) is 23.3 Å². The fourth-order valence-corrected chi connectivity index (χ4v) is 3.71. The second-order valence-electron chi connectivity index (χ2n) is 3.43. The first-order valence-corrected chi connectivity index (χ1v) is 6.93. The van der Waals surface area contributed by atoms with Crippen LogP contribution in [0.25, 0.3) is 0 Å². The predicted octanol–water partition coefficient (Wildman–Crippen LogP) is -0.365. The van der Waals surface area contributed by atoms with Crippen molar-refractivity contribution in [3.05, 3.63) is 0 Å². The highest BCUT2D eigenvalue weighted by atomic mass is 32.2. The molecular weight excluding hydrogens is 236 g/mol. The molecule has 2 saturated heterocycles. The van der Waals surface area contributed by atoms with Crippen molar-refractivity contribution in [3.63, 3.8) is 0 Å². The van der Waals surface area contributed by atoms with Crippen LogP contribution in [0, 0.1) is 0 Å². The number of carboxylic acid groups (broad SMARTS) is 1. The molecule has 2 aliphatic rings. The maximum atomic E-state index is 11.9. The van der Waals surface area contributed by atoms with Crippen molar-refractivity contribution < 1.29 is 14.7 Å². The Kier molecular flexibility index (Phi) is 3.42. The van der Waals surface area contributed by atoms with Crippen molar-refractivity contribution in [1.82, 2.24) is 10.2 Å². The monoisotopic (exact) mass is 248 g/mol. The minimum Gasteiger partial charge on any atom is -0.480 e. The molecule has 1 unspecified atom stereocenters. The molecule has 0 bridgehead atoms. The van der Waals surface area contributed by atoms with E-state index in [1.54, 1.807) is 11.8 Å². The van der Waals surface area contributed by atoms with Crippen LogP contribution in [-0.4, -0.2) is 57.2 Å². The third kappa shape index (κ3) is 2.24. The molecular formula is C8H12N2O3S2. The van der Waals surface area contributed by atoms with Crippen LogP contribution in [0.5, 0.6) is 0 Å². The number of carbonyl (C=O) groups is 2. The fraction of sp³-hybridized carbons (Fsp3) is 0.750. The standard InChI is InChI=1S/C8H12N2O3S2/c11-7(5-1-14-3-9-5)10-4-15-2-6(10)8(12)13/h5-6,9H,1-4H2,(H,12,13)/t5?,6-/m0/s1. The predicted molar refractivity (Wildman–Crippen MR) is 59.8 cm³/mol. The van der Waals surface area contributed by atoms with Crippen LogP contribution in [0.3, 0.4) is 0 Å². The highest BCUT2D eigenvalue weighted by Crippen LogP contribution is 2.23. The summed E-state index contributed by atoms with van der Waals surface area (Å²) in [5.41, 5.74) is 0. The van der Waals surface area contributed by atoms with Gasteiger partial charge in [-0.25, -0.2) is 4.79 Å². The molecule has 2 N–H and O–H groups in total. The van der Waals surface area contributed by atoms with Gasteiger partial charge < -0.3 is 10.0 Å². The van der Waals surface area contributed by atoms with E-state index in [0.29, 0.717) is 11.6 Å². The molecule has 0 aromatic carbocycles. The Bertz CT molecular complexity index is 281. The molecule has 15 heavy (non-hydrogen) atoms. The Morgan fingerprint density at radius 2 is 2.13 bits per heavy atom. The van der Waals surface area contributed by atoms with Crippen molar-refractivity contribution in [2.45, 2.75) is 12.1 Å². The van der Waals surface area contributed by atoms with Crippen LogP contribution in [0.4, 0.5) is 0 Å². The van der Waals surface area contributed by atoms with E-state index >= 15 is 0 Å². The molecule has 2 heterocycles. The number of hydrogen-bond donors (Lipinski definition) is 2. The number of amides is 1. The number of hydrogen-bond acceptors (Lipinski definition) is 5. The number of carboxylic acids is 1. The van der Waals surface area contributed by atoms with E-state index < -0.39 is 12.0 Å². The van der Waals surface area contributed by atoms with Gasteiger partial charge >= 0.3 is 5.97 Å². The molecule has 0 aromatic heterocycles. The maximum absolute atomic E-state index is 11.9. The summed E-state index contributed by atoms with van der Waals surface area (Å²) in [7, 11) is 0. The quantitative estimate of drug-likeness (QED) is 0.695. The zero-order valence-electron chi connectivity index (χ0n) is 8.01. The van der Waals surface area contributed by atoms with Gasteiger partial charge in [-0.15, -0.1) is 23.5 Å². The van der Waals surface area contributed by atoms with Crippen molar-refractivity contribution in [1.29, 1.82) is 0 Å². The third-order valence-corrected chi connectivity index (χ3v) is 4.42. The van der Waals surface area contributed by atoms with Crippen molar-refractivity contribution >= 4 is 35.4 Å². The lowest BCUT2D eigenvalue weighted by molar-refractivity contribution is -0.148. The van der Waals surface area contributed by atoms with Gasteiger partial charge in [-0.05, 0) is 0 Å². The van der Waals surface area contributed by atoms with Crippen molar-refractivity contribution in [2.24, 2.45) is 0 Å². The van der Waals surface area contributed by atoms with Gasteiger partial charge in [0.2, 0.25) is 5.91 Å². The lowest BCUT2D eigenvalue weighted by Gasteiger charge is -2.23. The Hall–Kier alpha value is -0.400. The summed E-state index contributed by atoms with van der Waals surface area (Å²) < 4.78 is 0.